The molecule has 0 aliphatic carbocycles. The summed E-state index contributed by atoms with van der Waals surface area (Å²) in [7, 11) is 0. The van der Waals surface area contributed by atoms with Crippen LogP contribution < -0.4 is 9.64 Å². The number of rotatable bonds is 6. The molecule has 4 rings (SSSR count). The average molecular weight is 395 g/mol. The number of carbonyl (C=O) groups excluding carboxylic acids is 1. The van der Waals surface area contributed by atoms with Crippen molar-refractivity contribution in [3.05, 3.63) is 54.4 Å². The van der Waals surface area contributed by atoms with Crippen LogP contribution in [0.2, 0.25) is 0 Å². The second-order valence-corrected chi connectivity index (χ2v) is 7.37. The Morgan fingerprint density at radius 1 is 1.25 bits per heavy atom. The minimum absolute atomic E-state index is 0.0734. The first kappa shape index (κ1) is 18.6. The summed E-state index contributed by atoms with van der Waals surface area (Å²) in [6.07, 6.45) is 2.39. The zero-order valence-corrected chi connectivity index (χ0v) is 16.6. The molecule has 0 N–H and O–H groups in total. The van der Waals surface area contributed by atoms with E-state index in [4.69, 9.17) is 9.26 Å². The summed E-state index contributed by atoms with van der Waals surface area (Å²) < 4.78 is 11.1. The van der Waals surface area contributed by atoms with Gasteiger partial charge in [0.15, 0.2) is 5.82 Å². The smallest absolute Gasteiger partial charge is 0.261 e. The number of hydrogen-bond donors (Lipinski definition) is 0. The lowest BCUT2D eigenvalue weighted by Gasteiger charge is -2.16. The van der Waals surface area contributed by atoms with E-state index in [1.54, 1.807) is 16.7 Å². The van der Waals surface area contributed by atoms with E-state index in [9.17, 15) is 4.79 Å². The lowest BCUT2D eigenvalue weighted by atomic mass is 10.1. The highest BCUT2D eigenvalue weighted by atomic mass is 32.2. The van der Waals surface area contributed by atoms with Crippen molar-refractivity contribution >= 4 is 23.4 Å². The number of benzene rings is 2. The Labute approximate surface area is 167 Å². The van der Waals surface area contributed by atoms with Gasteiger partial charge in [0.2, 0.25) is 5.91 Å². The van der Waals surface area contributed by atoms with E-state index in [1.165, 1.54) is 0 Å². The van der Waals surface area contributed by atoms with Gasteiger partial charge in [0.05, 0.1) is 12.2 Å². The van der Waals surface area contributed by atoms with Crippen LogP contribution in [0.15, 0.2) is 57.9 Å². The van der Waals surface area contributed by atoms with E-state index >= 15 is 0 Å². The van der Waals surface area contributed by atoms with Gasteiger partial charge in [0, 0.05) is 29.5 Å². The molecule has 6 nitrogen and oxygen atoms in total. The highest BCUT2D eigenvalue weighted by molar-refractivity contribution is 7.98. The van der Waals surface area contributed by atoms with Crippen LogP contribution in [0.3, 0.4) is 0 Å². The number of hydrogen-bond acceptors (Lipinski definition) is 6. The van der Waals surface area contributed by atoms with Crippen molar-refractivity contribution in [1.29, 1.82) is 0 Å². The Hall–Kier alpha value is -2.80. The summed E-state index contributed by atoms with van der Waals surface area (Å²) in [5, 5.41) is 4.15. The van der Waals surface area contributed by atoms with Gasteiger partial charge in [-0.1, -0.05) is 23.4 Å². The third kappa shape index (κ3) is 3.62. The maximum atomic E-state index is 12.6. The Kier molecular flexibility index (Phi) is 5.34. The fraction of sp³-hybridized carbons (Fsp3) is 0.286. The minimum Gasteiger partial charge on any atom is -0.493 e. The molecule has 0 saturated carbocycles. The predicted molar refractivity (Wildman–Crippen MR) is 109 cm³/mol. The number of para-hydroxylation sites is 1. The van der Waals surface area contributed by atoms with Gasteiger partial charge in [0.25, 0.3) is 5.89 Å². The van der Waals surface area contributed by atoms with Crippen molar-refractivity contribution in [2.45, 2.75) is 24.2 Å². The molecule has 1 amide bonds. The van der Waals surface area contributed by atoms with Crippen molar-refractivity contribution in [3.63, 3.8) is 0 Å². The van der Waals surface area contributed by atoms with Gasteiger partial charge >= 0.3 is 0 Å². The molecule has 2 aromatic carbocycles. The maximum absolute atomic E-state index is 12.6. The first-order chi connectivity index (χ1) is 13.7. The molecule has 3 aromatic rings. The molecule has 0 radical (unpaired) electrons. The van der Waals surface area contributed by atoms with E-state index < -0.39 is 0 Å². The van der Waals surface area contributed by atoms with Gasteiger partial charge in [-0.15, -0.1) is 11.8 Å². The Balaban J connectivity index is 1.56. The largest absolute Gasteiger partial charge is 0.493 e. The van der Waals surface area contributed by atoms with Crippen molar-refractivity contribution in [2.75, 3.05) is 24.3 Å². The zero-order valence-electron chi connectivity index (χ0n) is 15.8. The highest BCUT2D eigenvalue weighted by Gasteiger charge is 2.35. The van der Waals surface area contributed by atoms with Crippen LogP contribution in [0.1, 0.15) is 25.1 Å². The predicted octanol–water partition coefficient (Wildman–Crippen LogP) is 4.38. The van der Waals surface area contributed by atoms with E-state index in [0.717, 1.165) is 16.1 Å². The van der Waals surface area contributed by atoms with E-state index in [1.807, 2.05) is 61.7 Å². The molecule has 1 atom stereocenters. The van der Waals surface area contributed by atoms with Gasteiger partial charge < -0.3 is 14.2 Å². The molecule has 1 fully saturated rings. The topological polar surface area (TPSA) is 68.5 Å². The van der Waals surface area contributed by atoms with Gasteiger partial charge in [-0.05, 0) is 43.5 Å². The average Bonchev–Trinajstić information content (AvgIpc) is 3.36. The quantitative estimate of drug-likeness (QED) is 0.577. The van der Waals surface area contributed by atoms with Crippen LogP contribution in [-0.2, 0) is 4.79 Å². The SMILES string of the molecule is CCOc1ccccc1-c1nc(C2CC(=O)N(c3cccc(SC)c3)C2)no1. The highest BCUT2D eigenvalue weighted by Crippen LogP contribution is 2.34. The summed E-state index contributed by atoms with van der Waals surface area (Å²) in [4.78, 5) is 20.1. The molecular formula is C21H21N3O3S. The third-order valence-electron chi connectivity index (χ3n) is 4.71. The molecule has 0 bridgehead atoms. The maximum Gasteiger partial charge on any atom is 0.261 e. The molecular weight excluding hydrogens is 374 g/mol. The van der Waals surface area contributed by atoms with Crippen molar-refractivity contribution in [1.82, 2.24) is 10.1 Å². The summed E-state index contributed by atoms with van der Waals surface area (Å²) >= 11 is 1.66. The van der Waals surface area contributed by atoms with Crippen molar-refractivity contribution in [2.24, 2.45) is 0 Å². The van der Waals surface area contributed by atoms with E-state index in [2.05, 4.69) is 10.1 Å². The molecule has 1 aliphatic rings. The molecule has 7 heteroatoms. The molecule has 28 heavy (non-hydrogen) atoms. The molecule has 1 aliphatic heterocycles. The minimum atomic E-state index is -0.0952. The van der Waals surface area contributed by atoms with Gasteiger partial charge in [-0.3, -0.25) is 4.79 Å². The fourth-order valence-corrected chi connectivity index (χ4v) is 3.80. The van der Waals surface area contributed by atoms with E-state index in [0.29, 0.717) is 37.0 Å². The van der Waals surface area contributed by atoms with Crippen LogP contribution in [0.4, 0.5) is 5.69 Å². The Morgan fingerprint density at radius 3 is 2.93 bits per heavy atom. The number of carbonyl (C=O) groups is 1. The normalized spacial score (nSPS) is 16.6. The number of thioether (sulfide) groups is 1. The number of amides is 1. The molecule has 144 valence electrons. The lowest BCUT2D eigenvalue weighted by molar-refractivity contribution is -0.117. The lowest BCUT2D eigenvalue weighted by Crippen LogP contribution is -2.24. The second kappa shape index (κ2) is 8.06. The summed E-state index contributed by atoms with van der Waals surface area (Å²) in [5.41, 5.74) is 1.67. The number of anilines is 1. The van der Waals surface area contributed by atoms with Crippen LogP contribution in [0, 0.1) is 0 Å². The monoisotopic (exact) mass is 395 g/mol. The molecule has 1 unspecified atom stereocenters. The first-order valence-electron chi connectivity index (χ1n) is 9.19. The second-order valence-electron chi connectivity index (χ2n) is 6.49. The molecule has 1 saturated heterocycles. The van der Waals surface area contributed by atoms with Crippen molar-refractivity contribution < 1.29 is 14.1 Å². The molecule has 2 heterocycles. The standard InChI is InChI=1S/C21H21N3O3S/c1-3-26-18-10-5-4-9-17(18)21-22-20(23-27-21)14-11-19(25)24(13-14)15-7-6-8-16(12-15)28-2/h4-10,12,14H,3,11,13H2,1-2H3. The zero-order chi connectivity index (χ0) is 19.5. The molecule has 1 aromatic heterocycles. The summed E-state index contributed by atoms with van der Waals surface area (Å²) in [6, 6.07) is 15.6. The van der Waals surface area contributed by atoms with Crippen molar-refractivity contribution in [3.8, 4) is 17.2 Å². The first-order valence-corrected chi connectivity index (χ1v) is 10.4. The number of nitrogens with zero attached hydrogens (tertiary/aromatic N) is 3. The fourth-order valence-electron chi connectivity index (χ4n) is 3.34. The molecule has 0 spiro atoms. The van der Waals surface area contributed by atoms with Crippen LogP contribution >= 0.6 is 11.8 Å². The Bertz CT molecular complexity index is 988. The van der Waals surface area contributed by atoms with E-state index in [-0.39, 0.29) is 11.8 Å². The van der Waals surface area contributed by atoms with Crippen LogP contribution in [-0.4, -0.2) is 35.5 Å². The van der Waals surface area contributed by atoms with Gasteiger partial charge in [-0.25, -0.2) is 0 Å². The Morgan fingerprint density at radius 2 is 2.11 bits per heavy atom. The van der Waals surface area contributed by atoms with Crippen LogP contribution in [0.25, 0.3) is 11.5 Å². The van der Waals surface area contributed by atoms with Crippen LogP contribution in [0.5, 0.6) is 5.75 Å². The number of ether oxygens (including phenoxy) is 1. The summed E-state index contributed by atoms with van der Waals surface area (Å²) in [5.74, 6) is 1.65. The number of aromatic nitrogens is 2. The third-order valence-corrected chi connectivity index (χ3v) is 5.44. The van der Waals surface area contributed by atoms with Gasteiger partial charge in [-0.2, -0.15) is 4.98 Å². The van der Waals surface area contributed by atoms with Gasteiger partial charge in [0.1, 0.15) is 5.75 Å². The summed E-state index contributed by atoms with van der Waals surface area (Å²) in [6.45, 7) is 3.03.